The fraction of sp³-hybridized carbons (Fsp3) is 1.00. The molecule has 2 aliphatic heterocycles. The lowest BCUT2D eigenvalue weighted by molar-refractivity contribution is 0.172. The first kappa shape index (κ1) is 11.7. The normalized spacial score (nSPS) is 31.6. The van der Waals surface area contributed by atoms with Crippen molar-refractivity contribution in [3.63, 3.8) is 0 Å². The van der Waals surface area contributed by atoms with E-state index in [1.807, 2.05) is 0 Å². The maximum absolute atomic E-state index is 3.73. The van der Waals surface area contributed by atoms with Crippen LogP contribution >= 0.6 is 11.8 Å². The van der Waals surface area contributed by atoms with Crippen LogP contribution in [0.4, 0.5) is 0 Å². The second kappa shape index (κ2) is 4.64. The minimum atomic E-state index is 0.437. The molecule has 0 saturated carbocycles. The molecule has 0 aromatic rings. The molecule has 0 aliphatic carbocycles. The van der Waals surface area contributed by atoms with Crippen molar-refractivity contribution in [2.45, 2.75) is 43.7 Å². The monoisotopic (exact) mass is 228 g/mol. The van der Waals surface area contributed by atoms with Crippen LogP contribution in [-0.4, -0.2) is 41.2 Å². The fourth-order valence-electron chi connectivity index (χ4n) is 2.71. The molecule has 2 rings (SSSR count). The Morgan fingerprint density at radius 2 is 2.07 bits per heavy atom. The van der Waals surface area contributed by atoms with Crippen molar-refractivity contribution < 1.29 is 0 Å². The molecule has 3 heteroatoms. The summed E-state index contributed by atoms with van der Waals surface area (Å²) in [6.45, 7) is 12.0. The van der Waals surface area contributed by atoms with Gasteiger partial charge in [0.15, 0.2) is 0 Å². The SMILES string of the molecule is CC(C)CN1CCC2(CC1)NCC(C)S2. The van der Waals surface area contributed by atoms with Crippen molar-refractivity contribution in [3.8, 4) is 0 Å². The van der Waals surface area contributed by atoms with Gasteiger partial charge in [-0.15, -0.1) is 11.8 Å². The van der Waals surface area contributed by atoms with Gasteiger partial charge in [-0.05, 0) is 18.8 Å². The molecule has 2 fully saturated rings. The zero-order valence-corrected chi connectivity index (χ0v) is 11.1. The summed E-state index contributed by atoms with van der Waals surface area (Å²) in [7, 11) is 0. The molecule has 0 aromatic heterocycles. The first-order valence-electron chi connectivity index (χ1n) is 6.25. The van der Waals surface area contributed by atoms with Crippen LogP contribution in [0, 0.1) is 5.92 Å². The van der Waals surface area contributed by atoms with E-state index in [0.29, 0.717) is 4.87 Å². The molecule has 15 heavy (non-hydrogen) atoms. The topological polar surface area (TPSA) is 15.3 Å². The van der Waals surface area contributed by atoms with Gasteiger partial charge >= 0.3 is 0 Å². The number of likely N-dealkylation sites (tertiary alicyclic amines) is 1. The molecular formula is C12H24N2S. The first-order chi connectivity index (χ1) is 7.10. The minimum absolute atomic E-state index is 0.437. The number of piperidine rings is 1. The Bertz CT molecular complexity index is 210. The van der Waals surface area contributed by atoms with E-state index in [-0.39, 0.29) is 0 Å². The molecule has 0 bridgehead atoms. The van der Waals surface area contributed by atoms with Gasteiger partial charge in [-0.3, -0.25) is 0 Å². The van der Waals surface area contributed by atoms with Crippen LogP contribution in [0.1, 0.15) is 33.6 Å². The molecule has 0 radical (unpaired) electrons. The number of hydrogen-bond acceptors (Lipinski definition) is 3. The van der Waals surface area contributed by atoms with Crippen molar-refractivity contribution in [1.82, 2.24) is 10.2 Å². The van der Waals surface area contributed by atoms with E-state index in [9.17, 15) is 0 Å². The highest BCUT2D eigenvalue weighted by atomic mass is 32.2. The van der Waals surface area contributed by atoms with Gasteiger partial charge in [0.05, 0.1) is 4.87 Å². The van der Waals surface area contributed by atoms with E-state index >= 15 is 0 Å². The Kier molecular flexibility index (Phi) is 3.63. The van der Waals surface area contributed by atoms with E-state index in [0.717, 1.165) is 11.2 Å². The molecule has 2 heterocycles. The largest absolute Gasteiger partial charge is 0.303 e. The molecule has 0 aromatic carbocycles. The lowest BCUT2D eigenvalue weighted by Gasteiger charge is -2.39. The van der Waals surface area contributed by atoms with Gasteiger partial charge in [-0.2, -0.15) is 0 Å². The van der Waals surface area contributed by atoms with Crippen LogP contribution < -0.4 is 5.32 Å². The van der Waals surface area contributed by atoms with Gasteiger partial charge in [0.25, 0.3) is 0 Å². The summed E-state index contributed by atoms with van der Waals surface area (Å²) in [6.07, 6.45) is 2.66. The minimum Gasteiger partial charge on any atom is -0.303 e. The predicted octanol–water partition coefficient (Wildman–Crippen LogP) is 2.16. The summed E-state index contributed by atoms with van der Waals surface area (Å²) in [4.78, 5) is 3.06. The zero-order valence-electron chi connectivity index (χ0n) is 10.3. The Morgan fingerprint density at radius 1 is 1.40 bits per heavy atom. The van der Waals surface area contributed by atoms with E-state index in [1.54, 1.807) is 0 Å². The maximum Gasteiger partial charge on any atom is 0.0673 e. The maximum atomic E-state index is 3.73. The third-order valence-corrected chi connectivity index (χ3v) is 5.00. The lowest BCUT2D eigenvalue weighted by Crippen LogP contribution is -2.48. The smallest absolute Gasteiger partial charge is 0.0673 e. The Hall–Kier alpha value is 0.270. The van der Waals surface area contributed by atoms with E-state index in [2.05, 4.69) is 42.7 Å². The molecule has 2 saturated heterocycles. The molecule has 1 N–H and O–H groups in total. The molecule has 0 amide bonds. The van der Waals surface area contributed by atoms with E-state index < -0.39 is 0 Å². The summed E-state index contributed by atoms with van der Waals surface area (Å²) in [6, 6.07) is 0. The summed E-state index contributed by atoms with van der Waals surface area (Å²) in [5.74, 6) is 0.808. The van der Waals surface area contributed by atoms with Gasteiger partial charge in [0.2, 0.25) is 0 Å². The average molecular weight is 228 g/mol. The third-order valence-electron chi connectivity index (χ3n) is 3.43. The first-order valence-corrected chi connectivity index (χ1v) is 7.13. The van der Waals surface area contributed by atoms with E-state index in [1.165, 1.54) is 39.0 Å². The molecule has 88 valence electrons. The van der Waals surface area contributed by atoms with Crippen LogP contribution in [0.2, 0.25) is 0 Å². The average Bonchev–Trinajstić information content (AvgIpc) is 2.52. The Balaban J connectivity index is 1.81. The van der Waals surface area contributed by atoms with Gasteiger partial charge in [-0.25, -0.2) is 0 Å². The zero-order chi connectivity index (χ0) is 10.9. The van der Waals surface area contributed by atoms with Gasteiger partial charge in [0.1, 0.15) is 0 Å². The number of rotatable bonds is 2. The highest BCUT2D eigenvalue weighted by molar-refractivity contribution is 8.01. The summed E-state index contributed by atoms with van der Waals surface area (Å²) < 4.78 is 0. The summed E-state index contributed by atoms with van der Waals surface area (Å²) >= 11 is 2.17. The highest BCUT2D eigenvalue weighted by Crippen LogP contribution is 2.40. The van der Waals surface area contributed by atoms with Crippen molar-refractivity contribution >= 4 is 11.8 Å². The third kappa shape index (κ3) is 2.89. The molecule has 1 atom stereocenters. The van der Waals surface area contributed by atoms with Crippen molar-refractivity contribution in [3.05, 3.63) is 0 Å². The number of nitrogens with zero attached hydrogens (tertiary/aromatic N) is 1. The second-order valence-electron chi connectivity index (χ2n) is 5.50. The summed E-state index contributed by atoms with van der Waals surface area (Å²) in [5.41, 5.74) is 0. The number of thioether (sulfide) groups is 1. The lowest BCUT2D eigenvalue weighted by atomic mass is 10.0. The molecular weight excluding hydrogens is 204 g/mol. The van der Waals surface area contributed by atoms with Crippen LogP contribution in [0.3, 0.4) is 0 Å². The quantitative estimate of drug-likeness (QED) is 0.780. The predicted molar refractivity (Wildman–Crippen MR) is 68.3 cm³/mol. The van der Waals surface area contributed by atoms with Crippen LogP contribution in [-0.2, 0) is 0 Å². The Morgan fingerprint density at radius 3 is 2.53 bits per heavy atom. The van der Waals surface area contributed by atoms with Gasteiger partial charge < -0.3 is 10.2 Å². The van der Waals surface area contributed by atoms with Crippen LogP contribution in [0.15, 0.2) is 0 Å². The highest BCUT2D eigenvalue weighted by Gasteiger charge is 2.40. The molecule has 2 nitrogen and oxygen atoms in total. The van der Waals surface area contributed by atoms with E-state index in [4.69, 9.17) is 0 Å². The molecule has 2 aliphatic rings. The fourth-order valence-corrected chi connectivity index (χ4v) is 4.23. The van der Waals surface area contributed by atoms with Crippen molar-refractivity contribution in [2.24, 2.45) is 5.92 Å². The van der Waals surface area contributed by atoms with Gasteiger partial charge in [-0.1, -0.05) is 20.8 Å². The Labute approximate surface area is 98.2 Å². The van der Waals surface area contributed by atoms with Crippen molar-refractivity contribution in [1.29, 1.82) is 0 Å². The van der Waals surface area contributed by atoms with Gasteiger partial charge in [0, 0.05) is 31.4 Å². The standard InChI is InChI=1S/C12H24N2S/c1-10(2)9-14-6-4-12(5-7-14)13-8-11(3)15-12/h10-11,13H,4-9H2,1-3H3. The number of nitrogens with one attached hydrogen (secondary N) is 1. The van der Waals surface area contributed by atoms with Crippen LogP contribution in [0.5, 0.6) is 0 Å². The molecule has 1 unspecified atom stereocenters. The second-order valence-corrected chi connectivity index (χ2v) is 7.32. The van der Waals surface area contributed by atoms with Crippen LogP contribution in [0.25, 0.3) is 0 Å². The van der Waals surface area contributed by atoms with Crippen molar-refractivity contribution in [2.75, 3.05) is 26.2 Å². The summed E-state index contributed by atoms with van der Waals surface area (Å²) in [5, 5.41) is 4.54. The number of hydrogen-bond donors (Lipinski definition) is 1. The molecule has 1 spiro atoms.